The van der Waals surface area contributed by atoms with Crippen LogP contribution in [0, 0.1) is 12.7 Å². The maximum Gasteiger partial charge on any atom is 0.250 e. The number of nitrogens with zero attached hydrogens (tertiary/aromatic N) is 6. The third-order valence-corrected chi connectivity index (χ3v) is 6.04. The van der Waals surface area contributed by atoms with Crippen molar-refractivity contribution in [1.82, 2.24) is 29.9 Å². The topological polar surface area (TPSA) is 82.5 Å². The Labute approximate surface area is 173 Å². The Bertz CT molecular complexity index is 1140. The van der Waals surface area contributed by atoms with Crippen molar-refractivity contribution in [2.24, 2.45) is 7.05 Å². The Hall–Kier alpha value is -2.30. The van der Waals surface area contributed by atoms with E-state index in [4.69, 9.17) is 16.0 Å². The molecule has 3 aromatic heterocycles. The van der Waals surface area contributed by atoms with E-state index in [2.05, 4.69) is 25.4 Å². The Morgan fingerprint density at radius 1 is 1.25 bits per heavy atom. The van der Waals surface area contributed by atoms with Gasteiger partial charge < -0.3 is 8.98 Å². The lowest BCUT2D eigenvalue weighted by atomic mass is 10.2. The number of hydrogen-bond acceptors (Lipinski definition) is 8. The second-order valence-electron chi connectivity index (χ2n) is 5.95. The number of aromatic nitrogens is 6. The van der Waals surface area contributed by atoms with Crippen LogP contribution in [0.5, 0.6) is 0 Å². The van der Waals surface area contributed by atoms with Crippen molar-refractivity contribution < 1.29 is 8.81 Å². The molecule has 1 aromatic carbocycles. The summed E-state index contributed by atoms with van der Waals surface area (Å²) in [6, 6.07) is 4.18. The van der Waals surface area contributed by atoms with Crippen molar-refractivity contribution in [3.05, 3.63) is 45.3 Å². The summed E-state index contributed by atoms with van der Waals surface area (Å²) in [4.78, 5) is 4.44. The van der Waals surface area contributed by atoms with E-state index in [1.165, 1.54) is 30.0 Å². The van der Waals surface area contributed by atoms with E-state index in [1.54, 1.807) is 11.3 Å². The normalized spacial score (nSPS) is 12.5. The molecule has 0 radical (unpaired) electrons. The summed E-state index contributed by atoms with van der Waals surface area (Å²) in [7, 11) is 1.87. The van der Waals surface area contributed by atoms with Gasteiger partial charge in [0.05, 0.1) is 15.8 Å². The first-order valence-electron chi connectivity index (χ1n) is 8.19. The van der Waals surface area contributed by atoms with Gasteiger partial charge in [0, 0.05) is 17.5 Å². The Morgan fingerprint density at radius 2 is 2.07 bits per heavy atom. The van der Waals surface area contributed by atoms with Gasteiger partial charge in [-0.1, -0.05) is 23.4 Å². The van der Waals surface area contributed by atoms with Crippen LogP contribution in [0.25, 0.3) is 23.0 Å². The number of benzene rings is 1. The molecule has 0 amide bonds. The van der Waals surface area contributed by atoms with Gasteiger partial charge in [0.2, 0.25) is 5.89 Å². The van der Waals surface area contributed by atoms with Gasteiger partial charge in [0.25, 0.3) is 5.89 Å². The molecule has 0 spiro atoms. The second kappa shape index (κ2) is 7.61. The first-order chi connectivity index (χ1) is 13.4. The highest BCUT2D eigenvalue weighted by Gasteiger charge is 2.22. The molecule has 11 heteroatoms. The quantitative estimate of drug-likeness (QED) is 0.409. The molecule has 0 N–H and O–H groups in total. The lowest BCUT2D eigenvalue weighted by Gasteiger charge is -2.06. The molecule has 4 aromatic rings. The summed E-state index contributed by atoms with van der Waals surface area (Å²) < 4.78 is 21.5. The molecule has 0 saturated heterocycles. The molecule has 3 heterocycles. The van der Waals surface area contributed by atoms with E-state index in [1.807, 2.05) is 30.8 Å². The van der Waals surface area contributed by atoms with Crippen molar-refractivity contribution in [3.8, 4) is 23.0 Å². The molecule has 4 rings (SSSR count). The van der Waals surface area contributed by atoms with Crippen molar-refractivity contribution in [2.75, 3.05) is 0 Å². The molecule has 0 fully saturated rings. The van der Waals surface area contributed by atoms with Crippen molar-refractivity contribution >= 4 is 34.7 Å². The van der Waals surface area contributed by atoms with E-state index in [9.17, 15) is 4.39 Å². The molecule has 1 atom stereocenters. The number of thioether (sulfide) groups is 1. The summed E-state index contributed by atoms with van der Waals surface area (Å²) in [5.41, 5.74) is 0.955. The summed E-state index contributed by atoms with van der Waals surface area (Å²) in [5, 5.41) is 20.2. The average Bonchev–Trinajstić information content (AvgIpc) is 3.38. The van der Waals surface area contributed by atoms with Gasteiger partial charge in [0.15, 0.2) is 11.0 Å². The molecule has 144 valence electrons. The fourth-order valence-electron chi connectivity index (χ4n) is 2.48. The molecule has 0 bridgehead atoms. The SMILES string of the molecule is Cc1nc(-c2nnc(SC(C)c3nnc(-c4cc(Cl)ccc4F)o3)n2C)cs1. The van der Waals surface area contributed by atoms with E-state index in [-0.39, 0.29) is 16.7 Å². The third-order valence-electron chi connectivity index (χ3n) is 3.91. The van der Waals surface area contributed by atoms with Crippen LogP contribution in [0.2, 0.25) is 5.02 Å². The minimum atomic E-state index is -0.476. The highest BCUT2D eigenvalue weighted by Crippen LogP contribution is 2.36. The predicted octanol–water partition coefficient (Wildman–Crippen LogP) is 4.94. The maximum atomic E-state index is 14.0. The molecular formula is C17H14ClFN6OS2. The highest BCUT2D eigenvalue weighted by molar-refractivity contribution is 7.99. The van der Waals surface area contributed by atoms with Crippen molar-refractivity contribution in [1.29, 1.82) is 0 Å². The molecule has 28 heavy (non-hydrogen) atoms. The van der Waals surface area contributed by atoms with Crippen LogP contribution in [-0.2, 0) is 7.05 Å². The first kappa shape index (κ1) is 19.0. The zero-order chi connectivity index (χ0) is 19.8. The lowest BCUT2D eigenvalue weighted by molar-refractivity contribution is 0.504. The smallest absolute Gasteiger partial charge is 0.250 e. The number of rotatable bonds is 5. The number of hydrogen-bond donors (Lipinski definition) is 0. The minimum Gasteiger partial charge on any atom is -0.419 e. The maximum absolute atomic E-state index is 14.0. The fraction of sp³-hybridized carbons (Fsp3) is 0.235. The van der Waals surface area contributed by atoms with Gasteiger partial charge >= 0.3 is 0 Å². The van der Waals surface area contributed by atoms with Crippen molar-refractivity contribution in [2.45, 2.75) is 24.3 Å². The Morgan fingerprint density at radius 3 is 2.82 bits per heavy atom. The van der Waals surface area contributed by atoms with E-state index >= 15 is 0 Å². The van der Waals surface area contributed by atoms with Gasteiger partial charge in [-0.2, -0.15) is 0 Å². The fourth-order valence-corrected chi connectivity index (χ4v) is 4.09. The van der Waals surface area contributed by atoms with Gasteiger partial charge in [-0.25, -0.2) is 9.37 Å². The second-order valence-corrected chi connectivity index (χ2v) is 8.75. The van der Waals surface area contributed by atoms with Crippen LogP contribution >= 0.6 is 34.7 Å². The van der Waals surface area contributed by atoms with Crippen molar-refractivity contribution in [3.63, 3.8) is 0 Å². The molecule has 0 aliphatic heterocycles. The summed E-state index contributed by atoms with van der Waals surface area (Å²) >= 11 is 8.90. The molecular weight excluding hydrogens is 423 g/mol. The zero-order valence-corrected chi connectivity index (χ0v) is 17.4. The Balaban J connectivity index is 1.55. The molecule has 0 saturated carbocycles. The molecule has 1 unspecified atom stereocenters. The molecule has 0 aliphatic rings. The first-order valence-corrected chi connectivity index (χ1v) is 10.3. The van der Waals surface area contributed by atoms with Crippen LogP contribution in [0.15, 0.2) is 33.2 Å². The summed E-state index contributed by atoms with van der Waals surface area (Å²) in [6.45, 7) is 3.84. The van der Waals surface area contributed by atoms with Gasteiger partial charge in [-0.05, 0) is 32.0 Å². The van der Waals surface area contributed by atoms with Crippen LogP contribution in [0.4, 0.5) is 4.39 Å². The average molecular weight is 437 g/mol. The monoisotopic (exact) mass is 436 g/mol. The lowest BCUT2D eigenvalue weighted by Crippen LogP contribution is -1.97. The largest absolute Gasteiger partial charge is 0.419 e. The van der Waals surface area contributed by atoms with E-state index < -0.39 is 5.82 Å². The molecule has 7 nitrogen and oxygen atoms in total. The number of aryl methyl sites for hydroxylation is 1. The highest BCUT2D eigenvalue weighted by atomic mass is 35.5. The Kier molecular flexibility index (Phi) is 5.17. The van der Waals surface area contributed by atoms with Crippen LogP contribution in [-0.4, -0.2) is 29.9 Å². The minimum absolute atomic E-state index is 0.0825. The summed E-state index contributed by atoms with van der Waals surface area (Å²) in [6.07, 6.45) is 0. The zero-order valence-electron chi connectivity index (χ0n) is 15.1. The third kappa shape index (κ3) is 3.67. The van der Waals surface area contributed by atoms with Crippen LogP contribution in [0.3, 0.4) is 0 Å². The molecule has 0 aliphatic carbocycles. The predicted molar refractivity (Wildman–Crippen MR) is 106 cm³/mol. The summed E-state index contributed by atoms with van der Waals surface area (Å²) in [5.74, 6) is 0.648. The van der Waals surface area contributed by atoms with E-state index in [0.29, 0.717) is 21.9 Å². The van der Waals surface area contributed by atoms with Gasteiger partial charge in [-0.15, -0.1) is 31.7 Å². The standard InChI is InChI=1S/C17H14ClFN6OS2/c1-8(15-22-23-16(26-15)11-6-10(18)4-5-12(11)19)28-17-24-21-14(25(17)3)13-7-27-9(2)20-13/h4-8H,1-3H3. The van der Waals surface area contributed by atoms with Gasteiger partial charge in [0.1, 0.15) is 11.5 Å². The van der Waals surface area contributed by atoms with Crippen LogP contribution < -0.4 is 0 Å². The number of thiazole rings is 1. The van der Waals surface area contributed by atoms with E-state index in [0.717, 1.165) is 10.7 Å². The van der Waals surface area contributed by atoms with Crippen LogP contribution in [0.1, 0.15) is 23.1 Å². The van der Waals surface area contributed by atoms with Gasteiger partial charge in [-0.3, -0.25) is 0 Å². The number of halogens is 2.